The summed E-state index contributed by atoms with van der Waals surface area (Å²) in [6.07, 6.45) is 1.46. The van der Waals surface area contributed by atoms with Gasteiger partial charge in [0.05, 0.1) is 6.10 Å². The van der Waals surface area contributed by atoms with E-state index < -0.39 is 17.4 Å². The number of carbonyl (C=O) groups excluding carboxylic acids is 2. The molecule has 9 nitrogen and oxygen atoms in total. The third kappa shape index (κ3) is 5.25. The van der Waals surface area contributed by atoms with Crippen molar-refractivity contribution >= 4 is 17.6 Å². The number of rotatable bonds is 8. The summed E-state index contributed by atoms with van der Waals surface area (Å²) in [5, 5.41) is 3.89. The zero-order valence-corrected chi connectivity index (χ0v) is 22.8. The van der Waals surface area contributed by atoms with E-state index in [9.17, 15) is 14.0 Å². The number of anilines is 1. The second kappa shape index (κ2) is 10.8. The van der Waals surface area contributed by atoms with Crippen LogP contribution in [-0.2, 0) is 24.3 Å². The lowest BCUT2D eigenvalue weighted by Crippen LogP contribution is -2.59. The minimum absolute atomic E-state index is 0.0312. The third-order valence-corrected chi connectivity index (χ3v) is 7.40. The molecule has 2 aliphatic heterocycles. The van der Waals surface area contributed by atoms with Gasteiger partial charge in [-0.2, -0.15) is 4.98 Å². The number of carbonyl (C=O) groups is 2. The van der Waals surface area contributed by atoms with Crippen molar-refractivity contribution in [3.05, 3.63) is 71.6 Å². The van der Waals surface area contributed by atoms with Crippen molar-refractivity contribution in [1.29, 1.82) is 0 Å². The molecule has 2 aliphatic rings. The van der Waals surface area contributed by atoms with Crippen LogP contribution in [0.1, 0.15) is 57.8 Å². The number of likely N-dealkylation sites (tertiary alicyclic amines) is 1. The molecule has 2 saturated heterocycles. The Hall–Kier alpha value is -3.79. The molecule has 3 amide bonds. The highest BCUT2D eigenvalue weighted by Crippen LogP contribution is 2.43. The molecule has 206 valence electrons. The fraction of sp³-hybridized carbons (Fsp3) is 0.448. The highest BCUT2D eigenvalue weighted by Gasteiger charge is 2.60. The molecule has 2 fully saturated rings. The summed E-state index contributed by atoms with van der Waals surface area (Å²) in [6, 6.07) is 13.3. The molecule has 10 heteroatoms. The van der Waals surface area contributed by atoms with E-state index in [-0.39, 0.29) is 30.5 Å². The van der Waals surface area contributed by atoms with Crippen molar-refractivity contribution in [2.24, 2.45) is 0 Å². The van der Waals surface area contributed by atoms with E-state index in [1.165, 1.54) is 17.0 Å². The van der Waals surface area contributed by atoms with Crippen molar-refractivity contribution in [2.45, 2.75) is 77.7 Å². The molecule has 2 atom stereocenters. The largest absolute Gasteiger partial charge is 0.491 e. The topological polar surface area (TPSA) is 92.0 Å². The van der Waals surface area contributed by atoms with Gasteiger partial charge in [-0.25, -0.2) is 9.18 Å². The number of halogens is 1. The molecule has 0 saturated carbocycles. The molecule has 0 aliphatic carbocycles. The Morgan fingerprint density at radius 1 is 1.15 bits per heavy atom. The van der Waals surface area contributed by atoms with Crippen LogP contribution in [0.3, 0.4) is 0 Å². The maximum Gasteiger partial charge on any atom is 0.332 e. The highest BCUT2D eigenvalue weighted by atomic mass is 19.1. The smallest absolute Gasteiger partial charge is 0.332 e. The van der Waals surface area contributed by atoms with Crippen LogP contribution in [-0.4, -0.2) is 56.1 Å². The SMILES string of the molecule is CCc1noc(CN2C(=O)N(c3cccc(F)c3)[C@@]3(CCN(Cc4cccc(OC(C)C)c4)[C@@H](C)C3)C2=O)n1. The summed E-state index contributed by atoms with van der Waals surface area (Å²) in [4.78, 5) is 37.0. The van der Waals surface area contributed by atoms with Gasteiger partial charge in [0.15, 0.2) is 5.82 Å². The van der Waals surface area contributed by atoms with Crippen LogP contribution >= 0.6 is 0 Å². The van der Waals surface area contributed by atoms with E-state index >= 15 is 0 Å². The Bertz CT molecular complexity index is 1360. The van der Waals surface area contributed by atoms with E-state index in [1.54, 1.807) is 12.1 Å². The first-order valence-electron chi connectivity index (χ1n) is 13.4. The molecular formula is C29H34FN5O4. The van der Waals surface area contributed by atoms with Crippen molar-refractivity contribution in [3.8, 4) is 5.75 Å². The van der Waals surface area contributed by atoms with Gasteiger partial charge in [-0.15, -0.1) is 0 Å². The molecule has 1 spiro atoms. The van der Waals surface area contributed by atoms with E-state index in [0.29, 0.717) is 43.9 Å². The minimum Gasteiger partial charge on any atom is -0.491 e. The second-order valence-electron chi connectivity index (χ2n) is 10.6. The van der Waals surface area contributed by atoms with E-state index in [4.69, 9.17) is 9.26 Å². The minimum atomic E-state index is -1.14. The zero-order chi connectivity index (χ0) is 27.7. The number of amides is 3. The maximum absolute atomic E-state index is 14.3. The van der Waals surface area contributed by atoms with Crippen LogP contribution in [0.5, 0.6) is 5.75 Å². The van der Waals surface area contributed by atoms with Crippen molar-refractivity contribution in [3.63, 3.8) is 0 Å². The fourth-order valence-electron chi connectivity index (χ4n) is 5.61. The van der Waals surface area contributed by atoms with Gasteiger partial charge >= 0.3 is 6.03 Å². The number of urea groups is 1. The molecule has 3 aromatic rings. The number of hydrogen-bond donors (Lipinski definition) is 0. The van der Waals surface area contributed by atoms with Gasteiger partial charge < -0.3 is 9.26 Å². The molecular weight excluding hydrogens is 501 g/mol. The quantitative estimate of drug-likeness (QED) is 0.377. The van der Waals surface area contributed by atoms with Crippen LogP contribution in [0.4, 0.5) is 14.9 Å². The van der Waals surface area contributed by atoms with Crippen LogP contribution in [0.2, 0.25) is 0 Å². The summed E-state index contributed by atoms with van der Waals surface area (Å²) in [6.45, 7) is 9.07. The lowest BCUT2D eigenvalue weighted by molar-refractivity contribution is -0.133. The second-order valence-corrected chi connectivity index (χ2v) is 10.6. The summed E-state index contributed by atoms with van der Waals surface area (Å²) < 4.78 is 25.4. The Morgan fingerprint density at radius 2 is 1.95 bits per heavy atom. The van der Waals surface area contributed by atoms with Gasteiger partial charge in [0.1, 0.15) is 23.7 Å². The number of hydrogen-bond acceptors (Lipinski definition) is 7. The Morgan fingerprint density at radius 3 is 2.64 bits per heavy atom. The van der Waals surface area contributed by atoms with E-state index in [1.807, 2.05) is 39.0 Å². The Balaban J connectivity index is 1.42. The Kier molecular flexibility index (Phi) is 7.40. The average molecular weight is 536 g/mol. The van der Waals surface area contributed by atoms with Crippen molar-refractivity contribution < 1.29 is 23.2 Å². The van der Waals surface area contributed by atoms with Gasteiger partial charge in [0, 0.05) is 31.2 Å². The lowest BCUT2D eigenvalue weighted by Gasteiger charge is -2.45. The molecule has 0 unspecified atom stereocenters. The predicted octanol–water partition coefficient (Wildman–Crippen LogP) is 4.95. The first-order chi connectivity index (χ1) is 18.7. The molecule has 2 aromatic carbocycles. The van der Waals surface area contributed by atoms with Crippen molar-refractivity contribution in [2.75, 3.05) is 11.4 Å². The van der Waals surface area contributed by atoms with E-state index in [0.717, 1.165) is 16.2 Å². The average Bonchev–Trinajstić information content (AvgIpc) is 3.43. The van der Waals surface area contributed by atoms with Crippen molar-refractivity contribution in [1.82, 2.24) is 19.9 Å². The van der Waals surface area contributed by atoms with Crippen LogP contribution in [0.15, 0.2) is 53.1 Å². The predicted molar refractivity (Wildman–Crippen MR) is 143 cm³/mol. The number of imide groups is 1. The molecule has 1 aromatic heterocycles. The summed E-state index contributed by atoms with van der Waals surface area (Å²) >= 11 is 0. The van der Waals surface area contributed by atoms with Crippen LogP contribution < -0.4 is 9.64 Å². The van der Waals surface area contributed by atoms with Gasteiger partial charge in [-0.1, -0.05) is 30.3 Å². The van der Waals surface area contributed by atoms with Gasteiger partial charge in [-0.05, 0) is 69.5 Å². The van der Waals surface area contributed by atoms with Crippen LogP contribution in [0.25, 0.3) is 0 Å². The standard InChI is InChI=1S/C29H34FN5O4/c1-5-25-31-26(39-32-25)18-34-27(36)29(35(28(34)37)23-10-7-9-22(30)15-23)12-13-33(20(4)16-29)17-21-8-6-11-24(14-21)38-19(2)3/h6-11,14-15,19-20H,5,12-13,16-18H2,1-4H3/t20-,29+/m0/s1. The van der Waals surface area contributed by atoms with Gasteiger partial charge in [0.2, 0.25) is 5.89 Å². The molecule has 39 heavy (non-hydrogen) atoms. The lowest BCUT2D eigenvalue weighted by atomic mass is 9.81. The van der Waals surface area contributed by atoms with Gasteiger partial charge in [0.25, 0.3) is 5.91 Å². The molecule has 0 radical (unpaired) electrons. The van der Waals surface area contributed by atoms with Gasteiger partial charge in [-0.3, -0.25) is 19.5 Å². The number of ether oxygens (including phenoxy) is 1. The molecule has 3 heterocycles. The van der Waals surface area contributed by atoms with E-state index in [2.05, 4.69) is 28.0 Å². The molecule has 5 rings (SSSR count). The number of nitrogens with zero attached hydrogens (tertiary/aromatic N) is 5. The number of aromatic nitrogens is 2. The number of aryl methyl sites for hydroxylation is 1. The van der Waals surface area contributed by atoms with Crippen LogP contribution in [0, 0.1) is 5.82 Å². The maximum atomic E-state index is 14.3. The zero-order valence-electron chi connectivity index (χ0n) is 22.8. The highest BCUT2D eigenvalue weighted by molar-refractivity contribution is 6.16. The number of benzene rings is 2. The number of piperidine rings is 1. The summed E-state index contributed by atoms with van der Waals surface area (Å²) in [5.41, 5.74) is 0.322. The molecule has 0 N–H and O–H groups in total. The fourth-order valence-corrected chi connectivity index (χ4v) is 5.61. The first-order valence-corrected chi connectivity index (χ1v) is 13.4. The first kappa shape index (κ1) is 26.8. The summed E-state index contributed by atoms with van der Waals surface area (Å²) in [5.74, 6) is 0.719. The normalized spacial score (nSPS) is 21.9. The monoisotopic (exact) mass is 535 g/mol. The Labute approximate surface area is 227 Å². The summed E-state index contributed by atoms with van der Waals surface area (Å²) in [7, 11) is 0. The third-order valence-electron chi connectivity index (χ3n) is 7.40. The molecule has 0 bridgehead atoms.